The van der Waals surface area contributed by atoms with Crippen LogP contribution in [-0.2, 0) is 17.6 Å². The summed E-state index contributed by atoms with van der Waals surface area (Å²) in [6, 6.07) is 7.66. The number of aliphatic carboxylic acids is 1. The standard InChI is InChI=1S/C18H22N4O2/c1-12-15(11-17(23)24)18(22-8-2-3-9-22)21-16(20-12)10-13-4-6-14(19)7-5-13/h4-7H,2-3,8-11,19H2,1H3,(H,23,24). The molecule has 1 fully saturated rings. The van der Waals surface area contributed by atoms with Crippen LogP contribution in [0.25, 0.3) is 0 Å². The molecule has 6 heteroatoms. The highest BCUT2D eigenvalue weighted by molar-refractivity contribution is 5.73. The molecule has 1 saturated heterocycles. The molecule has 3 rings (SSSR count). The lowest BCUT2D eigenvalue weighted by Crippen LogP contribution is -2.23. The number of hydrogen-bond acceptors (Lipinski definition) is 5. The number of anilines is 2. The van der Waals surface area contributed by atoms with Crippen molar-refractivity contribution in [2.75, 3.05) is 23.7 Å². The van der Waals surface area contributed by atoms with Crippen molar-refractivity contribution in [3.8, 4) is 0 Å². The van der Waals surface area contributed by atoms with Crippen LogP contribution in [0.4, 0.5) is 11.5 Å². The van der Waals surface area contributed by atoms with Gasteiger partial charge in [0.15, 0.2) is 0 Å². The van der Waals surface area contributed by atoms with Crippen LogP contribution in [0.2, 0.25) is 0 Å². The molecule has 0 atom stereocenters. The predicted molar refractivity (Wildman–Crippen MR) is 93.2 cm³/mol. The number of nitrogens with two attached hydrogens (primary N) is 1. The Hall–Kier alpha value is -2.63. The van der Waals surface area contributed by atoms with E-state index in [2.05, 4.69) is 9.88 Å². The summed E-state index contributed by atoms with van der Waals surface area (Å²) >= 11 is 0. The Morgan fingerprint density at radius 3 is 2.50 bits per heavy atom. The molecule has 2 aromatic rings. The van der Waals surface area contributed by atoms with E-state index in [9.17, 15) is 9.90 Å². The summed E-state index contributed by atoms with van der Waals surface area (Å²) in [6.45, 7) is 3.71. The van der Waals surface area contributed by atoms with E-state index in [1.54, 1.807) is 0 Å². The number of carboxylic acid groups (broad SMARTS) is 1. The lowest BCUT2D eigenvalue weighted by atomic mass is 10.1. The average Bonchev–Trinajstić information content (AvgIpc) is 3.06. The van der Waals surface area contributed by atoms with Gasteiger partial charge in [0.2, 0.25) is 0 Å². The van der Waals surface area contributed by atoms with Gasteiger partial charge in [0.05, 0.1) is 6.42 Å². The summed E-state index contributed by atoms with van der Waals surface area (Å²) in [5, 5.41) is 9.20. The molecule has 1 aliphatic heterocycles. The number of hydrogen-bond donors (Lipinski definition) is 2. The number of benzene rings is 1. The molecule has 6 nitrogen and oxygen atoms in total. The van der Waals surface area contributed by atoms with Crippen LogP contribution in [0.1, 0.15) is 35.5 Å². The first-order valence-electron chi connectivity index (χ1n) is 8.20. The van der Waals surface area contributed by atoms with Gasteiger partial charge in [-0.1, -0.05) is 12.1 Å². The highest BCUT2D eigenvalue weighted by Crippen LogP contribution is 2.26. The highest BCUT2D eigenvalue weighted by atomic mass is 16.4. The summed E-state index contributed by atoms with van der Waals surface area (Å²) in [5.41, 5.74) is 9.01. The summed E-state index contributed by atoms with van der Waals surface area (Å²) in [4.78, 5) is 22.6. The fraction of sp³-hybridized carbons (Fsp3) is 0.389. The third kappa shape index (κ3) is 3.64. The fourth-order valence-corrected chi connectivity index (χ4v) is 3.08. The van der Waals surface area contributed by atoms with Crippen molar-refractivity contribution in [1.29, 1.82) is 0 Å². The molecule has 0 saturated carbocycles. The molecule has 1 aliphatic rings. The summed E-state index contributed by atoms with van der Waals surface area (Å²) in [7, 11) is 0. The van der Waals surface area contributed by atoms with Gasteiger partial charge in [0, 0.05) is 36.5 Å². The van der Waals surface area contributed by atoms with Crippen LogP contribution in [-0.4, -0.2) is 34.1 Å². The summed E-state index contributed by atoms with van der Waals surface area (Å²) < 4.78 is 0. The highest BCUT2D eigenvalue weighted by Gasteiger charge is 2.22. The minimum Gasteiger partial charge on any atom is -0.481 e. The zero-order valence-corrected chi connectivity index (χ0v) is 13.8. The quantitative estimate of drug-likeness (QED) is 0.818. The number of carbonyl (C=O) groups is 1. The third-order valence-corrected chi connectivity index (χ3v) is 4.31. The largest absolute Gasteiger partial charge is 0.481 e. The molecule has 24 heavy (non-hydrogen) atoms. The van der Waals surface area contributed by atoms with E-state index in [1.807, 2.05) is 31.2 Å². The van der Waals surface area contributed by atoms with Gasteiger partial charge in [-0.15, -0.1) is 0 Å². The van der Waals surface area contributed by atoms with Crippen LogP contribution in [0.15, 0.2) is 24.3 Å². The summed E-state index contributed by atoms with van der Waals surface area (Å²) in [6.07, 6.45) is 2.79. The van der Waals surface area contributed by atoms with Gasteiger partial charge in [-0.05, 0) is 37.5 Å². The van der Waals surface area contributed by atoms with Crippen molar-refractivity contribution in [2.24, 2.45) is 0 Å². The maximum absolute atomic E-state index is 11.2. The molecule has 0 unspecified atom stereocenters. The molecular weight excluding hydrogens is 304 g/mol. The van der Waals surface area contributed by atoms with Crippen molar-refractivity contribution < 1.29 is 9.90 Å². The summed E-state index contributed by atoms with van der Waals surface area (Å²) in [5.74, 6) is 0.648. The molecular formula is C18H22N4O2. The van der Waals surface area contributed by atoms with Crippen molar-refractivity contribution in [2.45, 2.75) is 32.6 Å². The number of aryl methyl sites for hydroxylation is 1. The predicted octanol–water partition coefficient (Wildman–Crippen LogP) is 2.19. The maximum atomic E-state index is 11.2. The van der Waals surface area contributed by atoms with Crippen LogP contribution < -0.4 is 10.6 Å². The Balaban J connectivity index is 1.95. The van der Waals surface area contributed by atoms with Crippen molar-refractivity contribution in [3.63, 3.8) is 0 Å². The molecule has 0 amide bonds. The van der Waals surface area contributed by atoms with E-state index in [-0.39, 0.29) is 6.42 Å². The SMILES string of the molecule is Cc1nc(Cc2ccc(N)cc2)nc(N2CCCC2)c1CC(=O)O. The number of rotatable bonds is 5. The first-order valence-corrected chi connectivity index (χ1v) is 8.20. The Bertz CT molecular complexity index is 737. The molecule has 0 spiro atoms. The first-order chi connectivity index (χ1) is 11.5. The molecule has 1 aromatic carbocycles. The fourth-order valence-electron chi connectivity index (χ4n) is 3.08. The molecule has 3 N–H and O–H groups in total. The monoisotopic (exact) mass is 326 g/mol. The molecule has 1 aromatic heterocycles. The lowest BCUT2D eigenvalue weighted by molar-refractivity contribution is -0.136. The topological polar surface area (TPSA) is 92.3 Å². The van der Waals surface area contributed by atoms with Crippen molar-refractivity contribution >= 4 is 17.5 Å². The second-order valence-corrected chi connectivity index (χ2v) is 6.21. The molecule has 0 bridgehead atoms. The van der Waals surface area contributed by atoms with Crippen LogP contribution >= 0.6 is 0 Å². The van der Waals surface area contributed by atoms with E-state index < -0.39 is 5.97 Å². The normalized spacial score (nSPS) is 14.1. The number of nitrogen functional groups attached to an aromatic ring is 1. The minimum absolute atomic E-state index is 0.0418. The Morgan fingerprint density at radius 1 is 1.21 bits per heavy atom. The van der Waals surface area contributed by atoms with Crippen molar-refractivity contribution in [1.82, 2.24) is 9.97 Å². The van der Waals surface area contributed by atoms with Crippen LogP contribution in [0, 0.1) is 6.92 Å². The van der Waals surface area contributed by atoms with E-state index >= 15 is 0 Å². The van der Waals surface area contributed by atoms with Gasteiger partial charge in [-0.2, -0.15) is 0 Å². The van der Waals surface area contributed by atoms with Crippen LogP contribution in [0.3, 0.4) is 0 Å². The van der Waals surface area contributed by atoms with Gasteiger partial charge in [0.25, 0.3) is 0 Å². The van der Waals surface area contributed by atoms with Crippen LogP contribution in [0.5, 0.6) is 0 Å². The number of nitrogens with zero attached hydrogens (tertiary/aromatic N) is 3. The van der Waals surface area contributed by atoms with E-state index in [0.717, 1.165) is 54.3 Å². The third-order valence-electron chi connectivity index (χ3n) is 4.31. The van der Waals surface area contributed by atoms with Gasteiger partial charge >= 0.3 is 5.97 Å². The van der Waals surface area contributed by atoms with E-state index in [0.29, 0.717) is 12.2 Å². The number of aromatic nitrogens is 2. The Kier molecular flexibility index (Phi) is 4.64. The average molecular weight is 326 g/mol. The zero-order valence-electron chi connectivity index (χ0n) is 13.8. The van der Waals surface area contributed by atoms with Gasteiger partial charge in [0.1, 0.15) is 11.6 Å². The zero-order chi connectivity index (χ0) is 17.1. The van der Waals surface area contributed by atoms with Gasteiger partial charge in [-0.3, -0.25) is 4.79 Å². The molecule has 0 aliphatic carbocycles. The minimum atomic E-state index is -0.853. The van der Waals surface area contributed by atoms with E-state index in [4.69, 9.17) is 10.7 Å². The first kappa shape index (κ1) is 16.2. The van der Waals surface area contributed by atoms with E-state index in [1.165, 1.54) is 0 Å². The second kappa shape index (κ2) is 6.86. The maximum Gasteiger partial charge on any atom is 0.308 e. The molecule has 126 valence electrons. The molecule has 0 radical (unpaired) electrons. The van der Waals surface area contributed by atoms with Gasteiger partial charge in [-0.25, -0.2) is 9.97 Å². The Labute approximate surface area is 141 Å². The second-order valence-electron chi connectivity index (χ2n) is 6.21. The van der Waals surface area contributed by atoms with Crippen molar-refractivity contribution in [3.05, 3.63) is 46.9 Å². The lowest BCUT2D eigenvalue weighted by Gasteiger charge is -2.21. The Morgan fingerprint density at radius 2 is 1.88 bits per heavy atom. The van der Waals surface area contributed by atoms with Gasteiger partial charge < -0.3 is 15.7 Å². The number of carboxylic acids is 1. The smallest absolute Gasteiger partial charge is 0.308 e. The molecule has 2 heterocycles.